The first-order valence-electron chi connectivity index (χ1n) is 8.84. The normalized spacial score (nSPS) is 17.2. The topological polar surface area (TPSA) is 50.6 Å². The van der Waals surface area contributed by atoms with Crippen molar-refractivity contribution in [3.63, 3.8) is 0 Å². The highest BCUT2D eigenvalue weighted by molar-refractivity contribution is 5.83. The fraction of sp³-hybridized carbons (Fsp3) is 0.474. The van der Waals surface area contributed by atoms with Crippen LogP contribution in [0.3, 0.4) is 0 Å². The second-order valence-corrected chi connectivity index (χ2v) is 6.31. The van der Waals surface area contributed by atoms with Gasteiger partial charge in [0, 0.05) is 45.7 Å². The van der Waals surface area contributed by atoms with Crippen molar-refractivity contribution in [2.75, 3.05) is 46.4 Å². The van der Waals surface area contributed by atoms with Crippen LogP contribution in [-0.2, 0) is 9.53 Å². The van der Waals surface area contributed by atoms with Gasteiger partial charge < -0.3 is 9.64 Å². The van der Waals surface area contributed by atoms with Crippen LogP contribution < -0.4 is 0 Å². The Hall–Kier alpha value is -2.18. The molecule has 2 heterocycles. The molecule has 1 aromatic heterocycles. The zero-order valence-corrected chi connectivity index (χ0v) is 14.8. The number of nitrogens with zero attached hydrogens (tertiary/aromatic N) is 4. The number of hydrogen-bond donors (Lipinski definition) is 0. The average molecular weight is 342 g/mol. The van der Waals surface area contributed by atoms with E-state index in [1.165, 1.54) is 0 Å². The van der Waals surface area contributed by atoms with Crippen LogP contribution in [0.2, 0.25) is 0 Å². The summed E-state index contributed by atoms with van der Waals surface area (Å²) < 4.78 is 6.93. The van der Waals surface area contributed by atoms with Gasteiger partial charge in [0.05, 0.1) is 6.61 Å². The van der Waals surface area contributed by atoms with Crippen LogP contribution in [0.15, 0.2) is 48.8 Å². The molecule has 6 nitrogen and oxygen atoms in total. The second kappa shape index (κ2) is 8.78. The summed E-state index contributed by atoms with van der Waals surface area (Å²) in [6, 6.07) is 11.3. The van der Waals surface area contributed by atoms with Gasteiger partial charge in [0.1, 0.15) is 0 Å². The van der Waals surface area contributed by atoms with Crippen LogP contribution in [0.1, 0.15) is 18.0 Å². The van der Waals surface area contributed by atoms with Crippen LogP contribution in [0.25, 0.3) is 0 Å². The minimum Gasteiger partial charge on any atom is -0.383 e. The van der Waals surface area contributed by atoms with Gasteiger partial charge in [0.2, 0.25) is 0 Å². The van der Waals surface area contributed by atoms with Crippen molar-refractivity contribution in [2.45, 2.75) is 12.5 Å². The van der Waals surface area contributed by atoms with Crippen LogP contribution in [-0.4, -0.2) is 71.9 Å². The highest BCUT2D eigenvalue weighted by Gasteiger charge is 2.29. The molecule has 0 N–H and O–H groups in total. The summed E-state index contributed by atoms with van der Waals surface area (Å²) in [6.45, 7) is 5.06. The van der Waals surface area contributed by atoms with E-state index in [-0.39, 0.29) is 5.91 Å². The molecule has 134 valence electrons. The van der Waals surface area contributed by atoms with E-state index in [9.17, 15) is 4.79 Å². The Labute approximate surface area is 149 Å². The van der Waals surface area contributed by atoms with Crippen molar-refractivity contribution in [1.82, 2.24) is 19.6 Å². The van der Waals surface area contributed by atoms with E-state index in [4.69, 9.17) is 4.74 Å². The van der Waals surface area contributed by atoms with Gasteiger partial charge in [-0.15, -0.1) is 0 Å². The zero-order valence-electron chi connectivity index (χ0n) is 14.8. The number of hydrogen-bond acceptors (Lipinski definition) is 4. The van der Waals surface area contributed by atoms with Gasteiger partial charge in [-0.05, 0) is 24.6 Å². The minimum atomic E-state index is -0.401. The molecule has 2 aromatic rings. The molecule has 1 unspecified atom stereocenters. The largest absolute Gasteiger partial charge is 0.383 e. The van der Waals surface area contributed by atoms with Gasteiger partial charge >= 0.3 is 0 Å². The molecule has 1 saturated heterocycles. The maximum absolute atomic E-state index is 13.3. The van der Waals surface area contributed by atoms with Crippen molar-refractivity contribution in [1.29, 1.82) is 0 Å². The summed E-state index contributed by atoms with van der Waals surface area (Å²) in [5.41, 5.74) is 0.969. The van der Waals surface area contributed by atoms with E-state index in [2.05, 4.69) is 10.00 Å². The number of methoxy groups -OCH3 is 1. The Balaban J connectivity index is 1.74. The molecule has 1 fully saturated rings. The third-order valence-electron chi connectivity index (χ3n) is 4.65. The van der Waals surface area contributed by atoms with E-state index in [0.29, 0.717) is 0 Å². The molecule has 0 radical (unpaired) electrons. The summed E-state index contributed by atoms with van der Waals surface area (Å²) >= 11 is 0. The van der Waals surface area contributed by atoms with Crippen molar-refractivity contribution >= 4 is 5.91 Å². The fourth-order valence-electron chi connectivity index (χ4n) is 3.29. The van der Waals surface area contributed by atoms with Gasteiger partial charge in [-0.2, -0.15) is 5.10 Å². The standard InChI is InChI=1S/C19H26N4O2/c1-25-16-15-21-10-6-11-22(14-13-21)19(24)18(23-12-5-9-20-23)17-7-3-2-4-8-17/h2-5,7-9,12,18H,6,10-11,13-16H2,1H3. The number of rotatable bonds is 6. The summed E-state index contributed by atoms with van der Waals surface area (Å²) in [7, 11) is 1.72. The molecule has 0 aliphatic carbocycles. The monoisotopic (exact) mass is 342 g/mol. The lowest BCUT2D eigenvalue weighted by Gasteiger charge is -2.27. The second-order valence-electron chi connectivity index (χ2n) is 6.31. The van der Waals surface area contributed by atoms with E-state index in [1.807, 2.05) is 47.5 Å². The van der Waals surface area contributed by atoms with Crippen LogP contribution in [0.4, 0.5) is 0 Å². The lowest BCUT2D eigenvalue weighted by atomic mass is 10.1. The van der Waals surface area contributed by atoms with Gasteiger partial charge in [-0.3, -0.25) is 14.4 Å². The van der Waals surface area contributed by atoms with Gasteiger partial charge in [-0.25, -0.2) is 0 Å². The van der Waals surface area contributed by atoms with Crippen molar-refractivity contribution in [3.8, 4) is 0 Å². The molecule has 1 aliphatic rings. The maximum atomic E-state index is 13.3. The Morgan fingerprint density at radius 2 is 2.00 bits per heavy atom. The van der Waals surface area contributed by atoms with E-state index < -0.39 is 6.04 Å². The van der Waals surface area contributed by atoms with Gasteiger partial charge in [-0.1, -0.05) is 30.3 Å². The molecular formula is C19H26N4O2. The predicted molar refractivity (Wildman–Crippen MR) is 96.3 cm³/mol. The Bertz CT molecular complexity index is 645. The Kier molecular flexibility index (Phi) is 6.19. The van der Waals surface area contributed by atoms with E-state index in [0.717, 1.165) is 51.3 Å². The molecule has 6 heteroatoms. The van der Waals surface area contributed by atoms with Crippen LogP contribution >= 0.6 is 0 Å². The third-order valence-corrected chi connectivity index (χ3v) is 4.65. The molecule has 1 aromatic carbocycles. The molecular weight excluding hydrogens is 316 g/mol. The number of carbonyl (C=O) groups excluding carboxylic acids is 1. The SMILES string of the molecule is COCCN1CCCN(C(=O)C(c2ccccc2)n2cccn2)CC1. The maximum Gasteiger partial charge on any atom is 0.252 e. The molecule has 0 saturated carbocycles. The van der Waals surface area contributed by atoms with Crippen molar-refractivity contribution in [2.24, 2.45) is 0 Å². The third kappa shape index (κ3) is 4.46. The number of ether oxygens (including phenoxy) is 1. The number of aromatic nitrogens is 2. The Morgan fingerprint density at radius 3 is 2.72 bits per heavy atom. The van der Waals surface area contributed by atoms with Gasteiger partial charge in [0.15, 0.2) is 6.04 Å². The highest BCUT2D eigenvalue weighted by Crippen LogP contribution is 2.21. The Morgan fingerprint density at radius 1 is 1.16 bits per heavy atom. The van der Waals surface area contributed by atoms with Crippen molar-refractivity contribution < 1.29 is 9.53 Å². The van der Waals surface area contributed by atoms with Gasteiger partial charge in [0.25, 0.3) is 5.91 Å². The average Bonchev–Trinajstić information content (AvgIpc) is 3.06. The number of amides is 1. The predicted octanol–water partition coefficient (Wildman–Crippen LogP) is 1.65. The smallest absolute Gasteiger partial charge is 0.252 e. The summed E-state index contributed by atoms with van der Waals surface area (Å²) in [5.74, 6) is 0.114. The summed E-state index contributed by atoms with van der Waals surface area (Å²) in [6.07, 6.45) is 4.56. The zero-order chi connectivity index (χ0) is 17.5. The molecule has 0 bridgehead atoms. The summed E-state index contributed by atoms with van der Waals surface area (Å²) in [5, 5.41) is 4.33. The van der Waals surface area contributed by atoms with E-state index >= 15 is 0 Å². The first-order valence-corrected chi connectivity index (χ1v) is 8.84. The summed E-state index contributed by atoms with van der Waals surface area (Å²) in [4.78, 5) is 17.6. The minimum absolute atomic E-state index is 0.114. The number of benzene rings is 1. The molecule has 1 atom stereocenters. The molecule has 0 spiro atoms. The first kappa shape index (κ1) is 17.6. The molecule has 3 rings (SSSR count). The first-order chi connectivity index (χ1) is 12.3. The van der Waals surface area contributed by atoms with E-state index in [1.54, 1.807) is 18.0 Å². The number of carbonyl (C=O) groups is 1. The van der Waals surface area contributed by atoms with Crippen LogP contribution in [0, 0.1) is 0 Å². The lowest BCUT2D eigenvalue weighted by molar-refractivity contribution is -0.133. The van der Waals surface area contributed by atoms with Crippen LogP contribution in [0.5, 0.6) is 0 Å². The van der Waals surface area contributed by atoms with Crippen molar-refractivity contribution in [3.05, 3.63) is 54.4 Å². The molecule has 1 amide bonds. The molecule has 1 aliphatic heterocycles. The molecule has 25 heavy (non-hydrogen) atoms. The lowest BCUT2D eigenvalue weighted by Crippen LogP contribution is -2.40. The quantitative estimate of drug-likeness (QED) is 0.801. The fourth-order valence-corrected chi connectivity index (χ4v) is 3.29. The highest BCUT2D eigenvalue weighted by atomic mass is 16.5.